The van der Waals surface area contributed by atoms with Crippen LogP contribution in [0.25, 0.3) is 55.0 Å². The van der Waals surface area contributed by atoms with Gasteiger partial charge in [0.15, 0.2) is 0 Å². The Morgan fingerprint density at radius 2 is 0.979 bits per heavy atom. The van der Waals surface area contributed by atoms with Gasteiger partial charge >= 0.3 is 0 Å². The molecule has 0 aliphatic heterocycles. The van der Waals surface area contributed by atoms with Crippen LogP contribution in [0.5, 0.6) is 0 Å². The summed E-state index contributed by atoms with van der Waals surface area (Å²) < 4.78 is 6.37. The maximum absolute atomic E-state index is 6.37. The minimum atomic E-state index is 0.916. The molecule has 9 rings (SSSR count). The molecule has 1 aromatic heterocycles. The Kier molecular flexibility index (Phi) is 6.98. The van der Waals surface area contributed by atoms with Gasteiger partial charge in [0.2, 0.25) is 0 Å². The van der Waals surface area contributed by atoms with Gasteiger partial charge in [-0.25, -0.2) is 0 Å². The predicted molar refractivity (Wildman–Crippen MR) is 203 cm³/mol. The van der Waals surface area contributed by atoms with Crippen LogP contribution in [-0.2, 0) is 0 Å². The first-order valence-corrected chi connectivity index (χ1v) is 16.6. The highest BCUT2D eigenvalue weighted by atomic mass is 16.3. The Balaban J connectivity index is 1.10. The number of hydrogen-bond acceptors (Lipinski definition) is 2. The van der Waals surface area contributed by atoms with Crippen molar-refractivity contribution in [3.05, 3.63) is 187 Å². The van der Waals surface area contributed by atoms with Gasteiger partial charge in [0.1, 0.15) is 11.2 Å². The molecule has 0 bridgehead atoms. The molecule has 0 saturated heterocycles. The normalized spacial score (nSPS) is 13.1. The lowest BCUT2D eigenvalue weighted by Gasteiger charge is -2.27. The first-order valence-electron chi connectivity index (χ1n) is 16.6. The highest BCUT2D eigenvalue weighted by Crippen LogP contribution is 2.42. The zero-order valence-electron chi connectivity index (χ0n) is 26.5. The molecule has 8 aromatic rings. The van der Waals surface area contributed by atoms with Crippen molar-refractivity contribution >= 4 is 60.9 Å². The standard InChI is InChI=1S/C46H33NO/c1-2-10-32(11-3-1)33-20-22-34(23-21-33)35-24-28-38(29-25-35)47(44-18-8-13-36-12-4-5-14-40(36)44)39-30-26-37(27-31-39)41-16-9-17-43-42-15-6-7-19-45(42)48-46(41)43/h1-20,22,24-31H,21,23H2. The highest BCUT2D eigenvalue weighted by Gasteiger charge is 2.18. The van der Waals surface area contributed by atoms with Gasteiger partial charge in [0.05, 0.1) is 5.69 Å². The average molecular weight is 616 g/mol. The lowest BCUT2D eigenvalue weighted by Crippen LogP contribution is -2.10. The van der Waals surface area contributed by atoms with Crippen LogP contribution in [-0.4, -0.2) is 0 Å². The van der Waals surface area contributed by atoms with Crippen LogP contribution in [0.1, 0.15) is 24.0 Å². The van der Waals surface area contributed by atoms with Gasteiger partial charge in [0.25, 0.3) is 0 Å². The molecule has 0 radical (unpaired) electrons. The van der Waals surface area contributed by atoms with Gasteiger partial charge in [-0.2, -0.15) is 0 Å². The van der Waals surface area contributed by atoms with E-state index in [0.29, 0.717) is 0 Å². The first kappa shape index (κ1) is 28.1. The van der Waals surface area contributed by atoms with Crippen LogP contribution in [0.3, 0.4) is 0 Å². The first-order chi connectivity index (χ1) is 23.8. The number of para-hydroxylation sites is 2. The number of hydrogen-bond donors (Lipinski definition) is 0. The van der Waals surface area contributed by atoms with Gasteiger partial charge < -0.3 is 9.32 Å². The summed E-state index contributed by atoms with van der Waals surface area (Å²) in [6.07, 6.45) is 6.67. The molecule has 228 valence electrons. The maximum Gasteiger partial charge on any atom is 0.143 e. The van der Waals surface area contributed by atoms with Crippen LogP contribution in [0, 0.1) is 0 Å². The van der Waals surface area contributed by atoms with Gasteiger partial charge in [-0.3, -0.25) is 0 Å². The number of furan rings is 1. The lowest BCUT2D eigenvalue weighted by atomic mass is 9.90. The molecular formula is C46H33NO. The number of fused-ring (bicyclic) bond motifs is 4. The Hall–Kier alpha value is -6.12. The summed E-state index contributed by atoms with van der Waals surface area (Å²) in [5.41, 5.74) is 12.8. The summed E-state index contributed by atoms with van der Waals surface area (Å²) in [4.78, 5) is 2.38. The van der Waals surface area contributed by atoms with E-state index in [2.05, 4.69) is 169 Å². The minimum absolute atomic E-state index is 0.916. The van der Waals surface area contributed by atoms with E-state index in [9.17, 15) is 0 Å². The van der Waals surface area contributed by atoms with Gasteiger partial charge in [-0.15, -0.1) is 0 Å². The van der Waals surface area contributed by atoms with Crippen molar-refractivity contribution in [2.45, 2.75) is 12.8 Å². The summed E-state index contributed by atoms with van der Waals surface area (Å²) in [6, 6.07) is 58.5. The maximum atomic E-state index is 6.37. The number of nitrogens with zero attached hydrogens (tertiary/aromatic N) is 1. The molecule has 2 nitrogen and oxygen atoms in total. The van der Waals surface area contributed by atoms with Crippen LogP contribution >= 0.6 is 0 Å². The molecular weight excluding hydrogens is 583 g/mol. The van der Waals surface area contributed by atoms with Gasteiger partial charge in [0, 0.05) is 33.1 Å². The van der Waals surface area contributed by atoms with Crippen molar-refractivity contribution in [1.82, 2.24) is 0 Å². The van der Waals surface area contributed by atoms with Crippen molar-refractivity contribution in [2.24, 2.45) is 0 Å². The third-order valence-corrected chi connectivity index (χ3v) is 9.64. The van der Waals surface area contributed by atoms with Crippen molar-refractivity contribution in [1.29, 1.82) is 0 Å². The van der Waals surface area contributed by atoms with E-state index in [-0.39, 0.29) is 0 Å². The Morgan fingerprint density at radius 1 is 0.417 bits per heavy atom. The molecule has 0 saturated carbocycles. The van der Waals surface area contributed by atoms with Crippen molar-refractivity contribution in [2.75, 3.05) is 4.90 Å². The Bertz CT molecular complexity index is 2480. The van der Waals surface area contributed by atoms with Crippen molar-refractivity contribution in [3.63, 3.8) is 0 Å². The van der Waals surface area contributed by atoms with E-state index >= 15 is 0 Å². The molecule has 1 aliphatic carbocycles. The molecule has 7 aromatic carbocycles. The third kappa shape index (κ3) is 4.99. The largest absolute Gasteiger partial charge is 0.455 e. The number of anilines is 3. The Morgan fingerprint density at radius 3 is 1.71 bits per heavy atom. The second kappa shape index (κ2) is 11.9. The van der Waals surface area contributed by atoms with E-state index in [1.807, 2.05) is 12.1 Å². The fourth-order valence-electron chi connectivity index (χ4n) is 7.19. The molecule has 0 fully saturated rings. The number of benzene rings is 7. The number of rotatable bonds is 6. The van der Waals surface area contributed by atoms with Crippen LogP contribution < -0.4 is 4.90 Å². The minimum Gasteiger partial charge on any atom is -0.455 e. The molecule has 1 aliphatic rings. The van der Waals surface area contributed by atoms with E-state index in [0.717, 1.165) is 63.0 Å². The molecule has 0 unspecified atom stereocenters. The lowest BCUT2D eigenvalue weighted by molar-refractivity contribution is 0.670. The molecule has 48 heavy (non-hydrogen) atoms. The average Bonchev–Trinajstić information content (AvgIpc) is 3.55. The van der Waals surface area contributed by atoms with E-state index < -0.39 is 0 Å². The highest BCUT2D eigenvalue weighted by molar-refractivity contribution is 6.09. The molecule has 0 N–H and O–H groups in total. The van der Waals surface area contributed by atoms with Crippen LogP contribution in [0.4, 0.5) is 17.1 Å². The van der Waals surface area contributed by atoms with E-state index in [1.54, 1.807) is 0 Å². The topological polar surface area (TPSA) is 16.4 Å². The van der Waals surface area contributed by atoms with Gasteiger partial charge in [-0.05, 0) is 82.5 Å². The van der Waals surface area contributed by atoms with E-state index in [4.69, 9.17) is 4.42 Å². The third-order valence-electron chi connectivity index (χ3n) is 9.64. The van der Waals surface area contributed by atoms with Crippen LogP contribution in [0.15, 0.2) is 180 Å². The second-order valence-corrected chi connectivity index (χ2v) is 12.5. The number of allylic oxidation sites excluding steroid dienone is 4. The summed E-state index contributed by atoms with van der Waals surface area (Å²) in [5.74, 6) is 0. The molecule has 1 heterocycles. The fraction of sp³-hybridized carbons (Fsp3) is 0.0435. The van der Waals surface area contributed by atoms with Crippen molar-refractivity contribution < 1.29 is 4.42 Å². The van der Waals surface area contributed by atoms with Crippen LogP contribution in [0.2, 0.25) is 0 Å². The summed E-state index contributed by atoms with van der Waals surface area (Å²) in [5, 5.41) is 4.73. The smallest absolute Gasteiger partial charge is 0.143 e. The molecule has 0 spiro atoms. The van der Waals surface area contributed by atoms with Gasteiger partial charge in [-0.1, -0.05) is 140 Å². The predicted octanol–water partition coefficient (Wildman–Crippen LogP) is 13.1. The molecule has 2 heteroatoms. The second-order valence-electron chi connectivity index (χ2n) is 12.5. The molecule has 0 atom stereocenters. The monoisotopic (exact) mass is 615 g/mol. The zero-order chi connectivity index (χ0) is 31.9. The van der Waals surface area contributed by atoms with Crippen molar-refractivity contribution in [3.8, 4) is 11.1 Å². The summed E-state index contributed by atoms with van der Waals surface area (Å²) in [6.45, 7) is 0. The SMILES string of the molecule is C1=C(c2ccccc2)CCC(c2ccc(N(c3ccc(-c4cccc5c4oc4ccccc45)cc3)c3cccc4ccccc34)cc2)=C1. The zero-order valence-corrected chi connectivity index (χ0v) is 26.5. The summed E-state index contributed by atoms with van der Waals surface area (Å²) in [7, 11) is 0. The molecule has 0 amide bonds. The van der Waals surface area contributed by atoms with E-state index in [1.165, 1.54) is 33.0 Å². The fourth-order valence-corrected chi connectivity index (χ4v) is 7.19. The summed E-state index contributed by atoms with van der Waals surface area (Å²) >= 11 is 0. The Labute approximate surface area is 280 Å². The quantitative estimate of drug-likeness (QED) is 0.185.